The summed E-state index contributed by atoms with van der Waals surface area (Å²) in [5, 5.41) is 8.84. The van der Waals surface area contributed by atoms with Gasteiger partial charge in [-0.25, -0.2) is 13.1 Å². The Kier molecular flexibility index (Phi) is 5.52. The number of carboxylic acid groups (broad SMARTS) is 1. The van der Waals surface area contributed by atoms with Crippen LogP contribution in [-0.4, -0.2) is 32.6 Å². The molecular formula is C13H19NO5S. The molecule has 0 heterocycles. The molecule has 1 unspecified atom stereocenters. The van der Waals surface area contributed by atoms with Crippen LogP contribution in [0.3, 0.4) is 0 Å². The van der Waals surface area contributed by atoms with E-state index in [1.54, 1.807) is 26.0 Å². The number of hydrogen-bond acceptors (Lipinski definition) is 4. The molecule has 1 atom stereocenters. The van der Waals surface area contributed by atoms with Gasteiger partial charge in [-0.15, -0.1) is 0 Å². The summed E-state index contributed by atoms with van der Waals surface area (Å²) in [6.45, 7) is 3.52. The van der Waals surface area contributed by atoms with Gasteiger partial charge in [-0.2, -0.15) is 0 Å². The number of aliphatic carboxylic acids is 1. The summed E-state index contributed by atoms with van der Waals surface area (Å²) in [6, 6.07) is 5.52. The van der Waals surface area contributed by atoms with Crippen molar-refractivity contribution < 1.29 is 23.1 Å². The molecular weight excluding hydrogens is 282 g/mol. The molecule has 0 radical (unpaired) electrons. The lowest BCUT2D eigenvalue weighted by molar-refractivity contribution is -0.137. The van der Waals surface area contributed by atoms with E-state index in [0.717, 1.165) is 0 Å². The Balaban J connectivity index is 3.06. The largest absolute Gasteiger partial charge is 0.495 e. The molecule has 1 aromatic carbocycles. The molecule has 0 saturated heterocycles. The van der Waals surface area contributed by atoms with Gasteiger partial charge in [0.1, 0.15) is 10.6 Å². The van der Waals surface area contributed by atoms with Crippen molar-refractivity contribution in [1.29, 1.82) is 0 Å². The van der Waals surface area contributed by atoms with Crippen molar-refractivity contribution in [1.82, 2.24) is 4.72 Å². The zero-order valence-corrected chi connectivity index (χ0v) is 12.5. The van der Waals surface area contributed by atoms with Gasteiger partial charge in [0.05, 0.1) is 13.5 Å². The minimum Gasteiger partial charge on any atom is -0.495 e. The zero-order chi connectivity index (χ0) is 15.3. The molecule has 0 aliphatic rings. The molecule has 1 aromatic rings. The second-order valence-corrected chi connectivity index (χ2v) is 6.40. The fraction of sp³-hybridized carbons (Fsp3) is 0.462. The van der Waals surface area contributed by atoms with E-state index in [2.05, 4.69) is 4.72 Å². The Hall–Kier alpha value is -1.60. The van der Waals surface area contributed by atoms with Crippen molar-refractivity contribution >= 4 is 16.0 Å². The number of para-hydroxylation sites is 1. The van der Waals surface area contributed by atoms with Gasteiger partial charge in [-0.3, -0.25) is 4.79 Å². The Morgan fingerprint density at radius 3 is 2.45 bits per heavy atom. The van der Waals surface area contributed by atoms with Gasteiger partial charge < -0.3 is 9.84 Å². The van der Waals surface area contributed by atoms with Crippen LogP contribution in [0, 0.1) is 5.92 Å². The van der Waals surface area contributed by atoms with Crippen LogP contribution >= 0.6 is 0 Å². The second kappa shape index (κ2) is 6.71. The molecule has 0 amide bonds. The van der Waals surface area contributed by atoms with Crippen LogP contribution in [0.1, 0.15) is 20.3 Å². The first-order valence-corrected chi connectivity index (χ1v) is 7.63. The standard InChI is InChI=1S/C13H19NO5S/c1-9(2)10(8-13(15)16)14-20(17,18)12-7-5-4-6-11(12)19-3/h4-7,9-10,14H,8H2,1-3H3,(H,15,16). The minimum atomic E-state index is -3.83. The van der Waals surface area contributed by atoms with Crippen molar-refractivity contribution in [3.8, 4) is 5.75 Å². The molecule has 2 N–H and O–H groups in total. The highest BCUT2D eigenvalue weighted by atomic mass is 32.2. The number of nitrogens with one attached hydrogen (secondary N) is 1. The molecule has 6 nitrogen and oxygen atoms in total. The molecule has 112 valence electrons. The Labute approximate surface area is 118 Å². The van der Waals surface area contributed by atoms with E-state index in [4.69, 9.17) is 9.84 Å². The molecule has 0 fully saturated rings. The van der Waals surface area contributed by atoms with Gasteiger partial charge in [0.25, 0.3) is 0 Å². The zero-order valence-electron chi connectivity index (χ0n) is 11.7. The average Bonchev–Trinajstić information content (AvgIpc) is 2.37. The number of hydrogen-bond donors (Lipinski definition) is 2. The van der Waals surface area contributed by atoms with Crippen molar-refractivity contribution in [2.24, 2.45) is 5.92 Å². The highest BCUT2D eigenvalue weighted by molar-refractivity contribution is 7.89. The van der Waals surface area contributed by atoms with Gasteiger partial charge in [-0.05, 0) is 18.1 Å². The summed E-state index contributed by atoms with van der Waals surface area (Å²) in [7, 11) is -2.45. The van der Waals surface area contributed by atoms with Crippen LogP contribution < -0.4 is 9.46 Å². The number of rotatable bonds is 7. The van der Waals surface area contributed by atoms with Crippen molar-refractivity contribution in [3.05, 3.63) is 24.3 Å². The highest BCUT2D eigenvalue weighted by Crippen LogP contribution is 2.23. The topological polar surface area (TPSA) is 92.7 Å². The predicted octanol–water partition coefficient (Wildman–Crippen LogP) is 1.47. The lowest BCUT2D eigenvalue weighted by atomic mass is 10.0. The summed E-state index contributed by atoms with van der Waals surface area (Å²) in [4.78, 5) is 10.8. The summed E-state index contributed by atoms with van der Waals surface area (Å²) in [5.74, 6) is -0.972. The fourth-order valence-electron chi connectivity index (χ4n) is 1.71. The second-order valence-electron chi connectivity index (χ2n) is 4.72. The number of ether oxygens (including phenoxy) is 1. The number of sulfonamides is 1. The lowest BCUT2D eigenvalue weighted by Crippen LogP contribution is -2.40. The number of benzene rings is 1. The molecule has 0 bridgehead atoms. The number of carbonyl (C=O) groups is 1. The molecule has 0 aromatic heterocycles. The predicted molar refractivity (Wildman–Crippen MR) is 74.2 cm³/mol. The quantitative estimate of drug-likeness (QED) is 0.795. The van der Waals surface area contributed by atoms with Gasteiger partial charge >= 0.3 is 5.97 Å². The van der Waals surface area contributed by atoms with Gasteiger partial charge in [-0.1, -0.05) is 26.0 Å². The molecule has 0 aliphatic carbocycles. The van der Waals surface area contributed by atoms with Crippen LogP contribution in [0.15, 0.2) is 29.2 Å². The van der Waals surface area contributed by atoms with Gasteiger partial charge in [0.15, 0.2) is 0 Å². The van der Waals surface area contributed by atoms with Crippen molar-refractivity contribution in [3.63, 3.8) is 0 Å². The minimum absolute atomic E-state index is 0.00135. The van der Waals surface area contributed by atoms with E-state index in [-0.39, 0.29) is 23.0 Å². The third-order valence-electron chi connectivity index (χ3n) is 2.86. The maximum Gasteiger partial charge on any atom is 0.304 e. The first-order chi connectivity index (χ1) is 9.27. The van der Waals surface area contributed by atoms with E-state index < -0.39 is 22.0 Å². The number of methoxy groups -OCH3 is 1. The monoisotopic (exact) mass is 301 g/mol. The van der Waals surface area contributed by atoms with E-state index in [9.17, 15) is 13.2 Å². The summed E-state index contributed by atoms with van der Waals surface area (Å²) < 4.78 is 32.1. The highest BCUT2D eigenvalue weighted by Gasteiger charge is 2.26. The van der Waals surface area contributed by atoms with Gasteiger partial charge in [0, 0.05) is 6.04 Å². The van der Waals surface area contributed by atoms with Crippen molar-refractivity contribution in [2.45, 2.75) is 31.2 Å². The van der Waals surface area contributed by atoms with E-state index in [0.29, 0.717) is 0 Å². The smallest absolute Gasteiger partial charge is 0.304 e. The summed E-state index contributed by atoms with van der Waals surface area (Å²) >= 11 is 0. The third kappa shape index (κ3) is 4.21. The van der Waals surface area contributed by atoms with E-state index in [1.807, 2.05) is 0 Å². The molecule has 1 rings (SSSR count). The van der Waals surface area contributed by atoms with Crippen molar-refractivity contribution in [2.75, 3.05) is 7.11 Å². The third-order valence-corrected chi connectivity index (χ3v) is 4.39. The van der Waals surface area contributed by atoms with Crippen LogP contribution in [0.5, 0.6) is 5.75 Å². The maximum absolute atomic E-state index is 12.3. The Bertz CT molecular complexity index is 568. The molecule has 0 spiro atoms. The van der Waals surface area contributed by atoms with Crippen LogP contribution in [0.25, 0.3) is 0 Å². The Morgan fingerprint density at radius 2 is 1.95 bits per heavy atom. The molecule has 0 saturated carbocycles. The maximum atomic E-state index is 12.3. The summed E-state index contributed by atoms with van der Waals surface area (Å²) in [6.07, 6.45) is -0.272. The first kappa shape index (κ1) is 16.5. The van der Waals surface area contributed by atoms with Crippen LogP contribution in [0.4, 0.5) is 0 Å². The van der Waals surface area contributed by atoms with E-state index >= 15 is 0 Å². The van der Waals surface area contributed by atoms with Gasteiger partial charge in [0.2, 0.25) is 10.0 Å². The lowest BCUT2D eigenvalue weighted by Gasteiger charge is -2.21. The van der Waals surface area contributed by atoms with Crippen LogP contribution in [0.2, 0.25) is 0 Å². The summed E-state index contributed by atoms with van der Waals surface area (Å²) in [5.41, 5.74) is 0. The normalized spacial score (nSPS) is 13.2. The molecule has 0 aliphatic heterocycles. The fourth-order valence-corrected chi connectivity index (χ4v) is 3.26. The van der Waals surface area contributed by atoms with Crippen LogP contribution in [-0.2, 0) is 14.8 Å². The Morgan fingerprint density at radius 1 is 1.35 bits per heavy atom. The van der Waals surface area contributed by atoms with E-state index in [1.165, 1.54) is 19.2 Å². The number of carboxylic acids is 1. The average molecular weight is 301 g/mol. The SMILES string of the molecule is COc1ccccc1S(=O)(=O)NC(CC(=O)O)C(C)C. The first-order valence-electron chi connectivity index (χ1n) is 6.15. The molecule has 20 heavy (non-hydrogen) atoms. The molecule has 7 heteroatoms.